The number of halogens is 1. The topological polar surface area (TPSA) is 9.23 Å². The first kappa shape index (κ1) is 11.5. The van der Waals surface area contributed by atoms with Crippen molar-refractivity contribution >= 4 is 24.0 Å². The molecule has 8 heavy (non-hydrogen) atoms. The van der Waals surface area contributed by atoms with Crippen molar-refractivity contribution < 1.29 is 4.74 Å². The van der Waals surface area contributed by atoms with Crippen molar-refractivity contribution in [3.05, 3.63) is 0 Å². The summed E-state index contributed by atoms with van der Waals surface area (Å²) in [6, 6.07) is 0. The van der Waals surface area contributed by atoms with Gasteiger partial charge >= 0.3 is 0 Å². The van der Waals surface area contributed by atoms with E-state index in [0.717, 1.165) is 13.2 Å². The first-order valence-electron chi connectivity index (χ1n) is 3.08. The number of hydrogen-bond acceptors (Lipinski definition) is 1. The maximum absolute atomic E-state index is 4.94. The molecule has 1 aliphatic heterocycles. The van der Waals surface area contributed by atoms with Crippen LogP contribution in [0.1, 0.15) is 26.7 Å². The molecule has 0 saturated carbocycles. The van der Waals surface area contributed by atoms with Crippen molar-refractivity contribution in [2.24, 2.45) is 0 Å². The predicted molar refractivity (Wildman–Crippen MR) is 46.8 cm³/mol. The van der Waals surface area contributed by atoms with Crippen molar-refractivity contribution in [1.82, 2.24) is 0 Å². The molecule has 0 aromatic heterocycles. The zero-order valence-corrected chi connectivity index (χ0v) is 7.98. The largest absolute Gasteiger partial charge is 0.381 e. The van der Waals surface area contributed by atoms with Gasteiger partial charge in [-0.2, -0.15) is 0 Å². The van der Waals surface area contributed by atoms with Gasteiger partial charge in [-0.15, -0.1) is 24.0 Å². The van der Waals surface area contributed by atoms with E-state index in [1.807, 2.05) is 13.8 Å². The Morgan fingerprint density at radius 1 is 1.00 bits per heavy atom. The Kier molecular flexibility index (Phi) is 15.3. The van der Waals surface area contributed by atoms with Crippen LogP contribution in [0.25, 0.3) is 0 Å². The van der Waals surface area contributed by atoms with Crippen LogP contribution in [0.3, 0.4) is 0 Å². The zero-order valence-electron chi connectivity index (χ0n) is 5.64. The van der Waals surface area contributed by atoms with E-state index in [1.165, 1.54) is 12.8 Å². The molecule has 0 aromatic carbocycles. The van der Waals surface area contributed by atoms with E-state index in [-0.39, 0.29) is 24.0 Å². The van der Waals surface area contributed by atoms with E-state index in [4.69, 9.17) is 4.74 Å². The second-order valence-electron chi connectivity index (χ2n) is 1.32. The van der Waals surface area contributed by atoms with Crippen LogP contribution in [-0.4, -0.2) is 13.2 Å². The Hall–Kier alpha value is 0.690. The third-order valence-corrected chi connectivity index (χ3v) is 0.827. The van der Waals surface area contributed by atoms with Gasteiger partial charge in [0, 0.05) is 13.2 Å². The van der Waals surface area contributed by atoms with Crippen molar-refractivity contribution in [3.63, 3.8) is 0 Å². The molecule has 0 spiro atoms. The van der Waals surface area contributed by atoms with Gasteiger partial charge in [-0.25, -0.2) is 0 Å². The fourth-order valence-corrected chi connectivity index (χ4v) is 0.510. The maximum Gasteiger partial charge on any atom is 0.0466 e. The Morgan fingerprint density at radius 2 is 1.38 bits per heavy atom. The molecular weight excluding hydrogens is 215 g/mol. The molecule has 1 nitrogen and oxygen atoms in total. The van der Waals surface area contributed by atoms with Crippen LogP contribution in [0.15, 0.2) is 0 Å². The lowest BCUT2D eigenvalue weighted by molar-refractivity contribution is 0.198. The SMILES string of the molecule is C1CCOC1.CC.I. The van der Waals surface area contributed by atoms with E-state index in [0.29, 0.717) is 0 Å². The first-order valence-corrected chi connectivity index (χ1v) is 3.08. The summed E-state index contributed by atoms with van der Waals surface area (Å²) < 4.78 is 4.94. The third kappa shape index (κ3) is 6.69. The highest BCUT2D eigenvalue weighted by molar-refractivity contribution is 14.0. The number of ether oxygens (including phenoxy) is 1. The Morgan fingerprint density at radius 3 is 1.50 bits per heavy atom. The van der Waals surface area contributed by atoms with Crippen LogP contribution in [0.2, 0.25) is 0 Å². The van der Waals surface area contributed by atoms with E-state index in [1.54, 1.807) is 0 Å². The van der Waals surface area contributed by atoms with Crippen molar-refractivity contribution in [3.8, 4) is 0 Å². The second-order valence-corrected chi connectivity index (χ2v) is 1.32. The normalized spacial score (nSPS) is 15.8. The summed E-state index contributed by atoms with van der Waals surface area (Å²) in [5, 5.41) is 0. The molecule has 2 heteroatoms. The minimum absolute atomic E-state index is 0. The zero-order chi connectivity index (χ0) is 5.54. The molecule has 0 bridgehead atoms. The highest BCUT2D eigenvalue weighted by Crippen LogP contribution is 1.98. The molecule has 1 saturated heterocycles. The average Bonchev–Trinajstić information content (AvgIpc) is 2.23. The molecule has 0 unspecified atom stereocenters. The molecule has 1 rings (SSSR count). The molecule has 0 N–H and O–H groups in total. The second kappa shape index (κ2) is 10.6. The molecule has 1 fully saturated rings. The van der Waals surface area contributed by atoms with Gasteiger partial charge < -0.3 is 4.74 Å². The van der Waals surface area contributed by atoms with E-state index in [2.05, 4.69) is 0 Å². The summed E-state index contributed by atoms with van der Waals surface area (Å²) in [5.74, 6) is 0. The van der Waals surface area contributed by atoms with Gasteiger partial charge in [0.25, 0.3) is 0 Å². The lowest BCUT2D eigenvalue weighted by Gasteiger charge is -1.76. The highest BCUT2D eigenvalue weighted by Gasteiger charge is 1.94. The molecule has 0 radical (unpaired) electrons. The minimum Gasteiger partial charge on any atom is -0.381 e. The van der Waals surface area contributed by atoms with Crippen LogP contribution in [0.4, 0.5) is 0 Å². The molecule has 1 heterocycles. The lowest BCUT2D eigenvalue weighted by Crippen LogP contribution is -1.74. The standard InChI is InChI=1S/C4H8O.C2H6.HI/c1-2-4-5-3-1;1-2;/h1-4H2;1-2H3;1H. The molecule has 0 amide bonds. The fourth-order valence-electron chi connectivity index (χ4n) is 0.510. The summed E-state index contributed by atoms with van der Waals surface area (Å²) in [4.78, 5) is 0. The summed E-state index contributed by atoms with van der Waals surface area (Å²) in [7, 11) is 0. The molecule has 0 atom stereocenters. The van der Waals surface area contributed by atoms with Gasteiger partial charge in [-0.3, -0.25) is 0 Å². The smallest absolute Gasteiger partial charge is 0.0466 e. The molecule has 52 valence electrons. The van der Waals surface area contributed by atoms with Gasteiger partial charge in [0.1, 0.15) is 0 Å². The summed E-state index contributed by atoms with van der Waals surface area (Å²) in [6.45, 7) is 6.00. The van der Waals surface area contributed by atoms with E-state index in [9.17, 15) is 0 Å². The fraction of sp³-hybridized carbons (Fsp3) is 1.00. The van der Waals surface area contributed by atoms with Crippen LogP contribution in [-0.2, 0) is 4.74 Å². The lowest BCUT2D eigenvalue weighted by atomic mass is 10.4. The molecule has 0 aromatic rings. The minimum atomic E-state index is 0. The van der Waals surface area contributed by atoms with Gasteiger partial charge in [0.05, 0.1) is 0 Å². The van der Waals surface area contributed by atoms with Crippen LogP contribution in [0.5, 0.6) is 0 Å². The predicted octanol–water partition coefficient (Wildman–Crippen LogP) is 2.44. The first-order chi connectivity index (χ1) is 3.50. The van der Waals surface area contributed by atoms with Gasteiger partial charge in [0.2, 0.25) is 0 Å². The molecule has 0 aliphatic carbocycles. The highest BCUT2D eigenvalue weighted by atomic mass is 127. The summed E-state index contributed by atoms with van der Waals surface area (Å²) in [5.41, 5.74) is 0. The Balaban J connectivity index is 0. The van der Waals surface area contributed by atoms with Crippen molar-refractivity contribution in [2.75, 3.05) is 13.2 Å². The van der Waals surface area contributed by atoms with Crippen molar-refractivity contribution in [2.45, 2.75) is 26.7 Å². The summed E-state index contributed by atoms with van der Waals surface area (Å²) in [6.07, 6.45) is 2.56. The van der Waals surface area contributed by atoms with Gasteiger partial charge in [0.15, 0.2) is 0 Å². The van der Waals surface area contributed by atoms with Crippen LogP contribution < -0.4 is 0 Å². The Bertz CT molecular complexity index is 20.1. The summed E-state index contributed by atoms with van der Waals surface area (Å²) >= 11 is 0. The van der Waals surface area contributed by atoms with Gasteiger partial charge in [-0.1, -0.05) is 13.8 Å². The van der Waals surface area contributed by atoms with Gasteiger partial charge in [-0.05, 0) is 12.8 Å². The monoisotopic (exact) mass is 230 g/mol. The third-order valence-electron chi connectivity index (χ3n) is 0.827. The van der Waals surface area contributed by atoms with Crippen molar-refractivity contribution in [1.29, 1.82) is 0 Å². The number of rotatable bonds is 0. The van der Waals surface area contributed by atoms with E-state index < -0.39 is 0 Å². The van der Waals surface area contributed by atoms with Crippen LogP contribution in [0, 0.1) is 0 Å². The molecule has 1 aliphatic rings. The number of hydrogen-bond donors (Lipinski definition) is 0. The van der Waals surface area contributed by atoms with Crippen LogP contribution >= 0.6 is 24.0 Å². The Labute approximate surface area is 68.8 Å². The maximum atomic E-state index is 4.94. The quantitative estimate of drug-likeness (QED) is 0.581. The molecular formula is C6H15IO. The van der Waals surface area contributed by atoms with E-state index >= 15 is 0 Å². The average molecular weight is 230 g/mol.